The summed E-state index contributed by atoms with van der Waals surface area (Å²) in [5.74, 6) is 0.207. The second-order valence-electron chi connectivity index (χ2n) is 7.18. The van der Waals surface area contributed by atoms with Crippen molar-refractivity contribution in [3.63, 3.8) is 0 Å². The molecule has 2 aromatic carbocycles. The van der Waals surface area contributed by atoms with Crippen LogP contribution in [0.25, 0.3) is 23.0 Å². The van der Waals surface area contributed by atoms with Crippen LogP contribution in [0.1, 0.15) is 27.4 Å². The fourth-order valence-electron chi connectivity index (χ4n) is 3.29. The van der Waals surface area contributed by atoms with Gasteiger partial charge in [0, 0.05) is 23.4 Å². The Hall–Kier alpha value is -4.39. The summed E-state index contributed by atoms with van der Waals surface area (Å²) in [4.78, 5) is 24.5. The van der Waals surface area contributed by atoms with Gasteiger partial charge in [-0.2, -0.15) is 5.10 Å². The minimum atomic E-state index is -0.470. The van der Waals surface area contributed by atoms with Gasteiger partial charge in [0.2, 0.25) is 0 Å². The second kappa shape index (κ2) is 9.18. The van der Waals surface area contributed by atoms with Crippen LogP contribution >= 0.6 is 0 Å². The van der Waals surface area contributed by atoms with Gasteiger partial charge in [0.15, 0.2) is 0 Å². The summed E-state index contributed by atoms with van der Waals surface area (Å²) in [5, 5.41) is 4.71. The molecule has 0 spiro atoms. The van der Waals surface area contributed by atoms with Gasteiger partial charge in [-0.25, -0.2) is 4.68 Å². The molecule has 2 amide bonds. The number of benzene rings is 2. The van der Waals surface area contributed by atoms with Crippen LogP contribution in [0, 0.1) is 13.8 Å². The lowest BCUT2D eigenvalue weighted by molar-refractivity contribution is -0.117. The van der Waals surface area contributed by atoms with E-state index in [1.165, 1.54) is 6.08 Å². The van der Waals surface area contributed by atoms with Gasteiger partial charge in [0.1, 0.15) is 11.5 Å². The van der Waals surface area contributed by atoms with E-state index in [-0.39, 0.29) is 0 Å². The minimum absolute atomic E-state index is 0.377. The Kier molecular flexibility index (Phi) is 5.98. The molecule has 4 aromatic rings. The summed E-state index contributed by atoms with van der Waals surface area (Å²) in [6.07, 6.45) is 4.88. The molecule has 2 heterocycles. The van der Waals surface area contributed by atoms with Gasteiger partial charge >= 0.3 is 0 Å². The highest BCUT2D eigenvalue weighted by atomic mass is 16.3. The molecule has 0 aliphatic carbocycles. The highest BCUT2D eigenvalue weighted by molar-refractivity contribution is 5.98. The lowest BCUT2D eigenvalue weighted by atomic mass is 10.1. The van der Waals surface area contributed by atoms with Gasteiger partial charge in [-0.1, -0.05) is 48.5 Å². The zero-order chi connectivity index (χ0) is 22.5. The first-order valence-corrected chi connectivity index (χ1v) is 10.1. The van der Waals surface area contributed by atoms with Crippen molar-refractivity contribution in [1.82, 2.24) is 20.6 Å². The van der Waals surface area contributed by atoms with Gasteiger partial charge < -0.3 is 4.42 Å². The highest BCUT2D eigenvalue weighted by Gasteiger charge is 2.14. The molecule has 0 aliphatic rings. The fraction of sp³-hybridized carbons (Fsp3) is 0.0800. The molecule has 0 atom stereocenters. The van der Waals surface area contributed by atoms with Crippen molar-refractivity contribution >= 4 is 17.9 Å². The van der Waals surface area contributed by atoms with Crippen LogP contribution in [0.2, 0.25) is 0 Å². The molecule has 2 aromatic heterocycles. The summed E-state index contributed by atoms with van der Waals surface area (Å²) in [6.45, 7) is 3.45. The van der Waals surface area contributed by atoms with E-state index in [1.807, 2.05) is 66.9 Å². The Morgan fingerprint density at radius 3 is 2.31 bits per heavy atom. The average Bonchev–Trinajstić information content (AvgIpc) is 3.40. The molecule has 0 saturated heterocycles. The molecule has 0 bridgehead atoms. The van der Waals surface area contributed by atoms with E-state index in [0.29, 0.717) is 17.1 Å². The Morgan fingerprint density at radius 2 is 1.66 bits per heavy atom. The first kappa shape index (κ1) is 20.9. The normalized spacial score (nSPS) is 10.9. The molecule has 0 saturated carbocycles. The monoisotopic (exact) mass is 426 g/mol. The SMILES string of the molecule is Cc1cc(C(=O)NNC(=O)/C=C/c2cn(-c3ccccc3)nc2-c2ccccc2)c(C)o1. The first-order valence-electron chi connectivity index (χ1n) is 10.1. The number of hydrogen-bond donors (Lipinski definition) is 2. The van der Waals surface area contributed by atoms with Crippen LogP contribution in [-0.2, 0) is 4.79 Å². The van der Waals surface area contributed by atoms with Crippen LogP contribution in [0.15, 0.2) is 83.4 Å². The summed E-state index contributed by atoms with van der Waals surface area (Å²) < 4.78 is 7.11. The van der Waals surface area contributed by atoms with E-state index < -0.39 is 11.8 Å². The summed E-state index contributed by atoms with van der Waals surface area (Å²) in [6, 6.07) is 21.1. The Morgan fingerprint density at radius 1 is 0.969 bits per heavy atom. The van der Waals surface area contributed by atoms with Crippen LogP contribution in [-0.4, -0.2) is 21.6 Å². The van der Waals surface area contributed by atoms with Gasteiger partial charge in [-0.3, -0.25) is 20.4 Å². The van der Waals surface area contributed by atoms with E-state index in [9.17, 15) is 9.59 Å². The standard InChI is InChI=1S/C25H22N4O3/c1-17-15-22(18(2)32-17)25(31)27-26-23(30)14-13-20-16-29(21-11-7-4-8-12-21)28-24(20)19-9-5-3-6-10-19/h3-16H,1-2H3,(H,26,30)(H,27,31)/b14-13+. The topological polar surface area (TPSA) is 89.2 Å². The maximum absolute atomic E-state index is 12.3. The van der Waals surface area contributed by atoms with Gasteiger partial charge in [-0.05, 0) is 38.1 Å². The molecular formula is C25H22N4O3. The number of para-hydroxylation sites is 1. The highest BCUT2D eigenvalue weighted by Crippen LogP contribution is 2.24. The molecule has 4 rings (SSSR count). The van der Waals surface area contributed by atoms with Crippen molar-refractivity contribution in [3.05, 3.63) is 102 Å². The van der Waals surface area contributed by atoms with Gasteiger partial charge in [0.25, 0.3) is 11.8 Å². The third-order valence-corrected chi connectivity index (χ3v) is 4.81. The van der Waals surface area contributed by atoms with E-state index in [1.54, 1.807) is 30.7 Å². The first-order chi connectivity index (χ1) is 15.5. The van der Waals surface area contributed by atoms with Gasteiger partial charge in [0.05, 0.1) is 16.9 Å². The molecule has 0 aliphatic heterocycles. The second-order valence-corrected chi connectivity index (χ2v) is 7.18. The molecule has 7 heteroatoms. The minimum Gasteiger partial charge on any atom is -0.466 e. The number of hydrazine groups is 1. The largest absolute Gasteiger partial charge is 0.466 e. The van der Waals surface area contributed by atoms with Crippen LogP contribution < -0.4 is 10.9 Å². The Labute approximate surface area is 185 Å². The molecule has 0 fully saturated rings. The van der Waals surface area contributed by atoms with Crippen molar-refractivity contribution < 1.29 is 14.0 Å². The number of amides is 2. The van der Waals surface area contributed by atoms with Crippen molar-refractivity contribution in [2.75, 3.05) is 0 Å². The number of furan rings is 1. The zero-order valence-electron chi connectivity index (χ0n) is 17.7. The third kappa shape index (κ3) is 4.67. The number of nitrogens with zero attached hydrogens (tertiary/aromatic N) is 2. The van der Waals surface area contributed by atoms with Crippen molar-refractivity contribution in [2.45, 2.75) is 13.8 Å². The predicted molar refractivity (Wildman–Crippen MR) is 122 cm³/mol. The average molecular weight is 426 g/mol. The number of aryl methyl sites for hydroxylation is 2. The molecule has 0 unspecified atom stereocenters. The van der Waals surface area contributed by atoms with Crippen molar-refractivity contribution in [1.29, 1.82) is 0 Å². The van der Waals surface area contributed by atoms with Crippen LogP contribution in [0.3, 0.4) is 0 Å². The molecule has 0 radical (unpaired) electrons. The molecular weight excluding hydrogens is 404 g/mol. The number of nitrogens with one attached hydrogen (secondary N) is 2. The van der Waals surface area contributed by atoms with E-state index in [4.69, 9.17) is 9.52 Å². The quantitative estimate of drug-likeness (QED) is 0.369. The number of rotatable bonds is 5. The van der Waals surface area contributed by atoms with E-state index >= 15 is 0 Å². The predicted octanol–water partition coefficient (Wildman–Crippen LogP) is 4.22. The van der Waals surface area contributed by atoms with E-state index in [0.717, 1.165) is 22.5 Å². The number of carbonyl (C=O) groups excluding carboxylic acids is 2. The number of aromatic nitrogens is 2. The Bertz CT molecular complexity index is 1270. The summed E-state index contributed by atoms with van der Waals surface area (Å²) >= 11 is 0. The zero-order valence-corrected chi connectivity index (χ0v) is 17.7. The molecule has 7 nitrogen and oxygen atoms in total. The van der Waals surface area contributed by atoms with Crippen LogP contribution in [0.5, 0.6) is 0 Å². The maximum Gasteiger partial charge on any atom is 0.273 e. The number of carbonyl (C=O) groups is 2. The maximum atomic E-state index is 12.3. The van der Waals surface area contributed by atoms with Crippen molar-refractivity contribution in [2.24, 2.45) is 0 Å². The lowest BCUT2D eigenvalue weighted by Gasteiger charge is -2.04. The van der Waals surface area contributed by atoms with Crippen LogP contribution in [0.4, 0.5) is 0 Å². The van der Waals surface area contributed by atoms with Crippen molar-refractivity contribution in [3.8, 4) is 16.9 Å². The third-order valence-electron chi connectivity index (χ3n) is 4.81. The fourth-order valence-corrected chi connectivity index (χ4v) is 3.29. The lowest BCUT2D eigenvalue weighted by Crippen LogP contribution is -2.40. The molecule has 32 heavy (non-hydrogen) atoms. The summed E-state index contributed by atoms with van der Waals surface area (Å²) in [7, 11) is 0. The smallest absolute Gasteiger partial charge is 0.273 e. The molecule has 2 N–H and O–H groups in total. The van der Waals surface area contributed by atoms with Gasteiger partial charge in [-0.15, -0.1) is 0 Å². The number of hydrogen-bond acceptors (Lipinski definition) is 4. The molecule has 160 valence electrons. The summed E-state index contributed by atoms with van der Waals surface area (Å²) in [5.41, 5.74) is 8.51. The Balaban J connectivity index is 1.52. The van der Waals surface area contributed by atoms with E-state index in [2.05, 4.69) is 10.9 Å².